The standard InChI is InChI=1S/C16H18N6O/c1-22(2)8-7-18-16-19-10-13(11-20-16)15(23)21-14-5-3-12(9-17)4-6-14/h3-6,10-11H,7-8H2,1-2H3,(H,21,23)(H,18,19,20). The molecule has 0 radical (unpaired) electrons. The number of anilines is 2. The Morgan fingerprint density at radius 3 is 2.43 bits per heavy atom. The van der Waals surface area contributed by atoms with Gasteiger partial charge in [0.05, 0.1) is 17.2 Å². The number of hydrogen-bond donors (Lipinski definition) is 2. The van der Waals surface area contributed by atoms with Gasteiger partial charge in [0.25, 0.3) is 5.91 Å². The summed E-state index contributed by atoms with van der Waals surface area (Å²) >= 11 is 0. The van der Waals surface area contributed by atoms with Crippen LogP contribution < -0.4 is 10.6 Å². The monoisotopic (exact) mass is 310 g/mol. The maximum atomic E-state index is 12.1. The summed E-state index contributed by atoms with van der Waals surface area (Å²) < 4.78 is 0. The molecule has 0 spiro atoms. The van der Waals surface area contributed by atoms with E-state index in [1.54, 1.807) is 24.3 Å². The van der Waals surface area contributed by atoms with Gasteiger partial charge in [0.15, 0.2) is 0 Å². The zero-order chi connectivity index (χ0) is 16.7. The van der Waals surface area contributed by atoms with Crippen molar-refractivity contribution in [2.24, 2.45) is 0 Å². The van der Waals surface area contributed by atoms with E-state index in [2.05, 4.69) is 20.6 Å². The number of hydrogen-bond acceptors (Lipinski definition) is 6. The lowest BCUT2D eigenvalue weighted by molar-refractivity contribution is 0.102. The van der Waals surface area contributed by atoms with E-state index in [4.69, 9.17) is 5.26 Å². The second-order valence-electron chi connectivity index (χ2n) is 5.17. The number of nitrogens with zero attached hydrogens (tertiary/aromatic N) is 4. The number of rotatable bonds is 6. The van der Waals surface area contributed by atoms with E-state index in [0.29, 0.717) is 22.8 Å². The van der Waals surface area contributed by atoms with Crippen molar-refractivity contribution < 1.29 is 4.79 Å². The van der Waals surface area contributed by atoms with E-state index in [-0.39, 0.29) is 5.91 Å². The van der Waals surface area contributed by atoms with Gasteiger partial charge in [-0.05, 0) is 38.4 Å². The molecule has 0 aliphatic heterocycles. The zero-order valence-electron chi connectivity index (χ0n) is 13.1. The van der Waals surface area contributed by atoms with Crippen LogP contribution in [0.4, 0.5) is 11.6 Å². The average Bonchev–Trinajstić information content (AvgIpc) is 2.56. The molecule has 7 nitrogen and oxygen atoms in total. The van der Waals surface area contributed by atoms with Crippen LogP contribution in [0.2, 0.25) is 0 Å². The van der Waals surface area contributed by atoms with Gasteiger partial charge in [-0.1, -0.05) is 0 Å². The van der Waals surface area contributed by atoms with Crippen molar-refractivity contribution in [1.29, 1.82) is 5.26 Å². The molecule has 0 saturated heterocycles. The highest BCUT2D eigenvalue weighted by Crippen LogP contribution is 2.10. The number of amides is 1. The smallest absolute Gasteiger partial charge is 0.258 e. The van der Waals surface area contributed by atoms with Crippen molar-refractivity contribution in [2.75, 3.05) is 37.8 Å². The molecule has 2 aromatic rings. The molecule has 1 amide bonds. The summed E-state index contributed by atoms with van der Waals surface area (Å²) in [5.41, 5.74) is 1.52. The van der Waals surface area contributed by atoms with Gasteiger partial charge in [-0.15, -0.1) is 0 Å². The Kier molecular flexibility index (Phi) is 5.61. The number of nitriles is 1. The number of carbonyl (C=O) groups is 1. The Hall–Kier alpha value is -2.98. The summed E-state index contributed by atoms with van der Waals surface area (Å²) in [7, 11) is 3.97. The highest BCUT2D eigenvalue weighted by atomic mass is 16.1. The molecule has 1 aromatic carbocycles. The molecule has 0 unspecified atom stereocenters. The second-order valence-corrected chi connectivity index (χ2v) is 5.17. The molecule has 1 aromatic heterocycles. The second kappa shape index (κ2) is 7.87. The molecule has 0 aliphatic rings. The van der Waals surface area contributed by atoms with Crippen molar-refractivity contribution >= 4 is 17.5 Å². The van der Waals surface area contributed by atoms with Gasteiger partial charge in [-0.2, -0.15) is 5.26 Å². The van der Waals surface area contributed by atoms with Crippen LogP contribution in [0.15, 0.2) is 36.7 Å². The topological polar surface area (TPSA) is 93.9 Å². The van der Waals surface area contributed by atoms with Gasteiger partial charge in [0.2, 0.25) is 5.95 Å². The summed E-state index contributed by atoms with van der Waals surface area (Å²) in [6.45, 7) is 1.59. The number of nitrogens with one attached hydrogen (secondary N) is 2. The third-order valence-electron chi connectivity index (χ3n) is 3.03. The van der Waals surface area contributed by atoms with Gasteiger partial charge in [-0.3, -0.25) is 4.79 Å². The van der Waals surface area contributed by atoms with Crippen LogP contribution in [0.25, 0.3) is 0 Å². The molecule has 0 atom stereocenters. The molecular formula is C16H18N6O. The van der Waals surface area contributed by atoms with Crippen LogP contribution in [0.1, 0.15) is 15.9 Å². The quantitative estimate of drug-likeness (QED) is 0.841. The van der Waals surface area contributed by atoms with Gasteiger partial charge in [0.1, 0.15) is 0 Å². The fraction of sp³-hybridized carbons (Fsp3) is 0.250. The Morgan fingerprint density at radius 1 is 1.22 bits per heavy atom. The van der Waals surface area contributed by atoms with Crippen molar-refractivity contribution in [3.05, 3.63) is 47.8 Å². The highest BCUT2D eigenvalue weighted by Gasteiger charge is 2.07. The Labute approximate surface area is 135 Å². The fourth-order valence-corrected chi connectivity index (χ4v) is 1.76. The van der Waals surface area contributed by atoms with Crippen molar-refractivity contribution in [3.63, 3.8) is 0 Å². The van der Waals surface area contributed by atoms with Crippen LogP contribution >= 0.6 is 0 Å². The van der Waals surface area contributed by atoms with Gasteiger partial charge < -0.3 is 15.5 Å². The van der Waals surface area contributed by atoms with Crippen molar-refractivity contribution in [1.82, 2.24) is 14.9 Å². The summed E-state index contributed by atoms with van der Waals surface area (Å²) in [6.07, 6.45) is 2.95. The minimum absolute atomic E-state index is 0.297. The number of carbonyl (C=O) groups excluding carboxylic acids is 1. The Balaban J connectivity index is 1.93. The van der Waals surface area contributed by atoms with Crippen LogP contribution in [-0.4, -0.2) is 48.0 Å². The van der Waals surface area contributed by atoms with E-state index in [1.165, 1.54) is 12.4 Å². The zero-order valence-corrected chi connectivity index (χ0v) is 13.1. The fourth-order valence-electron chi connectivity index (χ4n) is 1.76. The molecule has 0 aliphatic carbocycles. The maximum Gasteiger partial charge on any atom is 0.258 e. The summed E-state index contributed by atoms with van der Waals surface area (Å²) in [4.78, 5) is 22.4. The number of aromatic nitrogens is 2. The third-order valence-corrected chi connectivity index (χ3v) is 3.03. The minimum Gasteiger partial charge on any atom is -0.353 e. The van der Waals surface area contributed by atoms with E-state index >= 15 is 0 Å². The summed E-state index contributed by atoms with van der Waals surface area (Å²) in [5, 5.41) is 14.6. The molecule has 2 N–H and O–H groups in total. The molecular weight excluding hydrogens is 292 g/mol. The summed E-state index contributed by atoms with van der Waals surface area (Å²) in [5.74, 6) is 0.191. The van der Waals surface area contributed by atoms with Crippen LogP contribution in [-0.2, 0) is 0 Å². The van der Waals surface area contributed by atoms with E-state index in [0.717, 1.165) is 13.1 Å². The van der Waals surface area contributed by atoms with Crippen LogP contribution in [0.3, 0.4) is 0 Å². The third kappa shape index (κ3) is 5.05. The predicted molar refractivity (Wildman–Crippen MR) is 88.2 cm³/mol. The van der Waals surface area contributed by atoms with Gasteiger partial charge in [0, 0.05) is 31.2 Å². The molecule has 7 heteroatoms. The van der Waals surface area contributed by atoms with Gasteiger partial charge in [-0.25, -0.2) is 9.97 Å². The van der Waals surface area contributed by atoms with Crippen molar-refractivity contribution in [3.8, 4) is 6.07 Å². The van der Waals surface area contributed by atoms with Gasteiger partial charge >= 0.3 is 0 Å². The predicted octanol–water partition coefficient (Wildman–Crippen LogP) is 1.57. The van der Waals surface area contributed by atoms with E-state index in [9.17, 15) is 4.79 Å². The Bertz CT molecular complexity index is 688. The minimum atomic E-state index is -0.297. The molecule has 1 heterocycles. The number of benzene rings is 1. The van der Waals surface area contributed by atoms with Crippen LogP contribution in [0.5, 0.6) is 0 Å². The molecule has 2 rings (SSSR count). The van der Waals surface area contributed by atoms with Crippen molar-refractivity contribution in [2.45, 2.75) is 0 Å². The molecule has 23 heavy (non-hydrogen) atoms. The first-order chi connectivity index (χ1) is 11.1. The van der Waals surface area contributed by atoms with E-state index < -0.39 is 0 Å². The maximum absolute atomic E-state index is 12.1. The Morgan fingerprint density at radius 2 is 1.87 bits per heavy atom. The van der Waals surface area contributed by atoms with E-state index in [1.807, 2.05) is 25.1 Å². The molecule has 0 bridgehead atoms. The highest BCUT2D eigenvalue weighted by molar-refractivity contribution is 6.03. The SMILES string of the molecule is CN(C)CCNc1ncc(C(=O)Nc2ccc(C#N)cc2)cn1. The lowest BCUT2D eigenvalue weighted by atomic mass is 10.2. The first kappa shape index (κ1) is 16.4. The molecule has 118 valence electrons. The lowest BCUT2D eigenvalue weighted by Gasteiger charge is -2.10. The first-order valence-corrected chi connectivity index (χ1v) is 7.10. The largest absolute Gasteiger partial charge is 0.353 e. The number of likely N-dealkylation sites (N-methyl/N-ethyl adjacent to an activating group) is 1. The average molecular weight is 310 g/mol. The lowest BCUT2D eigenvalue weighted by Crippen LogP contribution is -2.21. The van der Waals surface area contributed by atoms with Crippen LogP contribution in [0, 0.1) is 11.3 Å². The first-order valence-electron chi connectivity index (χ1n) is 7.10. The normalized spacial score (nSPS) is 10.2. The summed E-state index contributed by atoms with van der Waals surface area (Å²) in [6, 6.07) is 8.66. The molecule has 0 saturated carbocycles. The molecule has 0 fully saturated rings.